The van der Waals surface area contributed by atoms with Crippen molar-refractivity contribution in [2.75, 3.05) is 0 Å². The molecule has 1 aromatic heterocycles. The van der Waals surface area contributed by atoms with Crippen LogP contribution >= 0.6 is 0 Å². The van der Waals surface area contributed by atoms with E-state index in [4.69, 9.17) is 9.56 Å². The Hall–Kier alpha value is -3.29. The summed E-state index contributed by atoms with van der Waals surface area (Å²) in [4.78, 5) is 4.67. The summed E-state index contributed by atoms with van der Waals surface area (Å²) in [7, 11) is -3.80. The van der Waals surface area contributed by atoms with Gasteiger partial charge in [-0.25, -0.2) is 22.9 Å². The van der Waals surface area contributed by atoms with E-state index in [0.717, 1.165) is 5.56 Å². The maximum absolute atomic E-state index is 13.8. The molecule has 0 atom stereocenters. The number of primary sulfonamides is 1. The largest absolute Gasteiger partial charge is 0.440 e. The molecule has 0 bridgehead atoms. The van der Waals surface area contributed by atoms with Crippen molar-refractivity contribution in [3.63, 3.8) is 0 Å². The average molecular weight is 422 g/mol. The third kappa shape index (κ3) is 4.17. The summed E-state index contributed by atoms with van der Waals surface area (Å²) in [6.07, 6.45) is 0.489. The molecule has 5 nitrogen and oxygen atoms in total. The van der Waals surface area contributed by atoms with Crippen LogP contribution in [0.5, 0.6) is 0 Å². The van der Waals surface area contributed by atoms with Gasteiger partial charge in [-0.05, 0) is 48.4 Å². The Kier molecular flexibility index (Phi) is 5.24. The first-order valence-corrected chi connectivity index (χ1v) is 10.8. The summed E-state index contributed by atoms with van der Waals surface area (Å²) in [6.45, 7) is 1.68. The molecule has 30 heavy (non-hydrogen) atoms. The van der Waals surface area contributed by atoms with E-state index in [9.17, 15) is 12.8 Å². The van der Waals surface area contributed by atoms with Crippen LogP contribution in [0.1, 0.15) is 17.0 Å². The van der Waals surface area contributed by atoms with Gasteiger partial charge in [0, 0.05) is 17.5 Å². The molecule has 152 valence electrons. The number of rotatable bonds is 5. The second kappa shape index (κ2) is 7.85. The lowest BCUT2D eigenvalue weighted by molar-refractivity contribution is 0.519. The fourth-order valence-electron chi connectivity index (χ4n) is 3.19. The number of aryl methyl sites for hydroxylation is 1. The van der Waals surface area contributed by atoms with E-state index in [1.165, 1.54) is 18.2 Å². The number of aromatic nitrogens is 1. The van der Waals surface area contributed by atoms with Crippen LogP contribution in [0.25, 0.3) is 22.6 Å². The van der Waals surface area contributed by atoms with Gasteiger partial charge >= 0.3 is 0 Å². The number of nitrogens with zero attached hydrogens (tertiary/aromatic N) is 1. The van der Waals surface area contributed by atoms with Crippen LogP contribution in [0.3, 0.4) is 0 Å². The smallest absolute Gasteiger partial charge is 0.238 e. The van der Waals surface area contributed by atoms with Gasteiger partial charge in [-0.2, -0.15) is 0 Å². The van der Waals surface area contributed by atoms with Crippen molar-refractivity contribution in [3.8, 4) is 22.6 Å². The third-order valence-corrected chi connectivity index (χ3v) is 5.68. The molecule has 7 heteroatoms. The highest BCUT2D eigenvalue weighted by Gasteiger charge is 2.19. The van der Waals surface area contributed by atoms with Gasteiger partial charge in [0.25, 0.3) is 0 Å². The van der Waals surface area contributed by atoms with Crippen molar-refractivity contribution in [1.29, 1.82) is 0 Å². The summed E-state index contributed by atoms with van der Waals surface area (Å²) in [6, 6.07) is 20.6. The molecule has 4 rings (SSSR count). The highest BCUT2D eigenvalue weighted by Crippen LogP contribution is 2.34. The maximum atomic E-state index is 13.8. The van der Waals surface area contributed by atoms with Gasteiger partial charge in [-0.15, -0.1) is 0 Å². The van der Waals surface area contributed by atoms with Gasteiger partial charge in [-0.1, -0.05) is 42.5 Å². The zero-order valence-electron chi connectivity index (χ0n) is 16.2. The van der Waals surface area contributed by atoms with E-state index in [1.54, 1.807) is 31.2 Å². The Labute approximate surface area is 174 Å². The first kappa shape index (κ1) is 20.0. The second-order valence-electron chi connectivity index (χ2n) is 6.98. The van der Waals surface area contributed by atoms with Crippen molar-refractivity contribution in [2.45, 2.75) is 18.2 Å². The predicted octanol–water partition coefficient (Wildman–Crippen LogP) is 4.69. The van der Waals surface area contributed by atoms with Crippen molar-refractivity contribution in [2.24, 2.45) is 5.14 Å². The van der Waals surface area contributed by atoms with Gasteiger partial charge in [0.15, 0.2) is 11.7 Å². The summed E-state index contributed by atoms with van der Waals surface area (Å²) in [5.41, 5.74) is 3.43. The molecular formula is C23H19FN2O3S. The van der Waals surface area contributed by atoms with Gasteiger partial charge in [0.1, 0.15) is 11.5 Å². The van der Waals surface area contributed by atoms with Gasteiger partial charge in [0.05, 0.1) is 4.90 Å². The zero-order chi connectivity index (χ0) is 21.3. The van der Waals surface area contributed by atoms with E-state index >= 15 is 0 Å². The highest BCUT2D eigenvalue weighted by molar-refractivity contribution is 7.89. The fraction of sp³-hybridized carbons (Fsp3) is 0.0870. The maximum Gasteiger partial charge on any atom is 0.238 e. The lowest BCUT2D eigenvalue weighted by atomic mass is 10.0. The number of hydrogen-bond donors (Lipinski definition) is 1. The van der Waals surface area contributed by atoms with Crippen LogP contribution in [0.15, 0.2) is 82.1 Å². The summed E-state index contributed by atoms with van der Waals surface area (Å²) < 4.78 is 43.0. The Morgan fingerprint density at radius 1 is 0.967 bits per heavy atom. The van der Waals surface area contributed by atoms with Crippen LogP contribution in [0, 0.1) is 12.7 Å². The normalized spacial score (nSPS) is 11.6. The van der Waals surface area contributed by atoms with E-state index in [-0.39, 0.29) is 10.7 Å². The zero-order valence-corrected chi connectivity index (χ0v) is 17.0. The molecule has 3 aromatic carbocycles. The van der Waals surface area contributed by atoms with Crippen molar-refractivity contribution < 1.29 is 17.2 Å². The third-order valence-electron chi connectivity index (χ3n) is 4.75. The Morgan fingerprint density at radius 3 is 2.27 bits per heavy atom. The summed E-state index contributed by atoms with van der Waals surface area (Å²) >= 11 is 0. The van der Waals surface area contributed by atoms with Gasteiger partial charge in [0.2, 0.25) is 10.0 Å². The van der Waals surface area contributed by atoms with E-state index in [1.807, 2.05) is 30.3 Å². The van der Waals surface area contributed by atoms with Crippen LogP contribution in [-0.4, -0.2) is 13.4 Å². The van der Waals surface area contributed by atoms with Crippen molar-refractivity contribution in [3.05, 3.63) is 95.6 Å². The van der Waals surface area contributed by atoms with E-state index in [0.29, 0.717) is 40.5 Å². The van der Waals surface area contributed by atoms with Gasteiger partial charge in [-0.3, -0.25) is 0 Å². The molecule has 0 saturated heterocycles. The molecule has 1 heterocycles. The quantitative estimate of drug-likeness (QED) is 0.505. The first-order chi connectivity index (χ1) is 14.3. The number of benzene rings is 3. The number of nitrogens with two attached hydrogens (primary N) is 1. The van der Waals surface area contributed by atoms with Crippen molar-refractivity contribution >= 4 is 10.0 Å². The van der Waals surface area contributed by atoms with E-state index in [2.05, 4.69) is 4.98 Å². The van der Waals surface area contributed by atoms with Crippen molar-refractivity contribution in [1.82, 2.24) is 4.98 Å². The van der Waals surface area contributed by atoms with Crippen LogP contribution in [-0.2, 0) is 16.4 Å². The molecule has 2 N–H and O–H groups in total. The lowest BCUT2D eigenvalue weighted by Gasteiger charge is -2.04. The molecule has 0 amide bonds. The molecule has 0 unspecified atom stereocenters. The highest BCUT2D eigenvalue weighted by atomic mass is 32.2. The Morgan fingerprint density at radius 2 is 1.63 bits per heavy atom. The molecule has 0 spiro atoms. The molecule has 0 fully saturated rings. The average Bonchev–Trinajstić information content (AvgIpc) is 3.14. The summed E-state index contributed by atoms with van der Waals surface area (Å²) in [5.74, 6) is 0.693. The van der Waals surface area contributed by atoms with E-state index < -0.39 is 10.0 Å². The first-order valence-electron chi connectivity index (χ1n) is 9.24. The lowest BCUT2D eigenvalue weighted by Crippen LogP contribution is -2.11. The molecule has 0 aliphatic rings. The number of oxazole rings is 1. The monoisotopic (exact) mass is 422 g/mol. The van der Waals surface area contributed by atoms with Crippen LogP contribution < -0.4 is 5.14 Å². The molecule has 4 aromatic rings. The van der Waals surface area contributed by atoms with Crippen LogP contribution in [0.2, 0.25) is 0 Å². The fourth-order valence-corrected chi connectivity index (χ4v) is 3.71. The topological polar surface area (TPSA) is 86.2 Å². The Balaban J connectivity index is 1.81. The minimum atomic E-state index is -3.80. The van der Waals surface area contributed by atoms with Gasteiger partial charge < -0.3 is 4.42 Å². The second-order valence-corrected chi connectivity index (χ2v) is 8.54. The number of halogens is 1. The predicted molar refractivity (Wildman–Crippen MR) is 113 cm³/mol. The molecule has 0 saturated carbocycles. The minimum Gasteiger partial charge on any atom is -0.440 e. The number of sulfonamides is 1. The standard InChI is InChI=1S/C23H19FN2O3S/c1-15-13-18(9-12-20(15)24)23-22(17-7-10-19(11-8-17)30(25,27)28)26-21(29-23)14-16-5-3-2-4-6-16/h2-13H,14H2,1H3,(H2,25,27,28). The van der Waals surface area contributed by atoms with Crippen LogP contribution in [0.4, 0.5) is 4.39 Å². The molecule has 0 aliphatic heterocycles. The number of hydrogen-bond acceptors (Lipinski definition) is 4. The summed E-state index contributed by atoms with van der Waals surface area (Å²) in [5, 5.41) is 5.19. The minimum absolute atomic E-state index is 0.0124. The molecular weight excluding hydrogens is 403 g/mol. The molecule has 0 aliphatic carbocycles. The Bertz CT molecular complexity index is 1300. The SMILES string of the molecule is Cc1cc(-c2oc(Cc3ccccc3)nc2-c2ccc(S(N)(=O)=O)cc2)ccc1F. The molecule has 0 radical (unpaired) electrons.